The second kappa shape index (κ2) is 10.4. The monoisotopic (exact) mass is 453 g/mol. The van der Waals surface area contributed by atoms with Gasteiger partial charge in [-0.2, -0.15) is 0 Å². The third-order valence-electron chi connectivity index (χ3n) is 4.01. The van der Waals surface area contributed by atoms with Crippen LogP contribution in [0.1, 0.15) is 21.5 Å². The van der Waals surface area contributed by atoms with Gasteiger partial charge < -0.3 is 15.4 Å². The van der Waals surface area contributed by atoms with Crippen LogP contribution in [0.5, 0.6) is 5.88 Å². The summed E-state index contributed by atoms with van der Waals surface area (Å²) in [6, 6.07) is 20.4. The first kappa shape index (κ1) is 20.5. The summed E-state index contributed by atoms with van der Waals surface area (Å²) in [4.78, 5) is 28.3. The number of halogens is 1. The fourth-order valence-electron chi connectivity index (χ4n) is 2.53. The van der Waals surface area contributed by atoms with Crippen LogP contribution < -0.4 is 15.4 Å². The third kappa shape index (κ3) is 6.73. The molecule has 0 spiro atoms. The van der Waals surface area contributed by atoms with Crippen molar-refractivity contribution in [3.8, 4) is 5.88 Å². The Morgan fingerprint density at radius 2 is 1.76 bits per heavy atom. The second-order valence-corrected chi connectivity index (χ2v) is 7.16. The molecule has 0 aliphatic rings. The maximum Gasteiger partial charge on any atom is 0.251 e. The van der Waals surface area contributed by atoms with E-state index in [1.807, 2.05) is 36.4 Å². The number of nitrogens with one attached hydrogen (secondary N) is 2. The van der Waals surface area contributed by atoms with E-state index < -0.39 is 0 Å². The lowest BCUT2D eigenvalue weighted by atomic mass is 10.2. The van der Waals surface area contributed by atoms with Crippen molar-refractivity contribution in [2.75, 3.05) is 6.54 Å². The molecule has 6 nitrogen and oxygen atoms in total. The first-order valence-electron chi connectivity index (χ1n) is 9.02. The number of carbonyl (C=O) groups excluding carboxylic acids is 2. The summed E-state index contributed by atoms with van der Waals surface area (Å²) in [7, 11) is 0. The molecule has 2 aromatic carbocycles. The number of amides is 2. The first-order chi connectivity index (χ1) is 14.1. The summed E-state index contributed by atoms with van der Waals surface area (Å²) in [5, 5.41) is 5.38. The van der Waals surface area contributed by atoms with E-state index in [0.717, 1.165) is 15.6 Å². The zero-order chi connectivity index (χ0) is 20.5. The molecule has 0 aliphatic heterocycles. The molecule has 1 aromatic heterocycles. The van der Waals surface area contributed by atoms with Crippen LogP contribution in [-0.2, 0) is 17.9 Å². The highest BCUT2D eigenvalue weighted by Gasteiger charge is 2.08. The van der Waals surface area contributed by atoms with E-state index in [-0.39, 0.29) is 18.4 Å². The van der Waals surface area contributed by atoms with Crippen molar-refractivity contribution < 1.29 is 14.3 Å². The minimum atomic E-state index is -0.304. The molecule has 2 N–H and O–H groups in total. The van der Waals surface area contributed by atoms with E-state index in [4.69, 9.17) is 4.74 Å². The van der Waals surface area contributed by atoms with E-state index >= 15 is 0 Å². The standard InChI is InChI=1S/C22H20BrN3O3/c23-19-8-4-7-18(12-19)22(28)26-14-20(27)25-13-17-9-10-24-21(11-17)29-15-16-5-2-1-3-6-16/h1-12H,13-15H2,(H,25,27)(H,26,28). The van der Waals surface area contributed by atoms with E-state index in [2.05, 4.69) is 31.5 Å². The molecule has 7 heteroatoms. The lowest BCUT2D eigenvalue weighted by Crippen LogP contribution is -2.36. The Kier molecular flexibility index (Phi) is 7.35. The van der Waals surface area contributed by atoms with Gasteiger partial charge in [-0.05, 0) is 35.4 Å². The van der Waals surface area contributed by atoms with Crippen LogP contribution >= 0.6 is 15.9 Å². The minimum absolute atomic E-state index is 0.103. The van der Waals surface area contributed by atoms with Crippen LogP contribution in [-0.4, -0.2) is 23.3 Å². The minimum Gasteiger partial charge on any atom is -0.473 e. The van der Waals surface area contributed by atoms with E-state index in [1.165, 1.54) is 0 Å². The predicted molar refractivity (Wildman–Crippen MR) is 113 cm³/mol. The number of rotatable bonds is 8. The number of pyridine rings is 1. The molecule has 3 rings (SSSR count). The predicted octanol–water partition coefficient (Wildman–Crippen LogP) is 3.47. The zero-order valence-corrected chi connectivity index (χ0v) is 17.2. The Bertz CT molecular complexity index is 980. The number of hydrogen-bond donors (Lipinski definition) is 2. The van der Waals surface area contributed by atoms with Gasteiger partial charge in [-0.15, -0.1) is 0 Å². The topological polar surface area (TPSA) is 80.3 Å². The van der Waals surface area contributed by atoms with Gasteiger partial charge in [0.1, 0.15) is 6.61 Å². The van der Waals surface area contributed by atoms with Crippen molar-refractivity contribution in [1.29, 1.82) is 0 Å². The maximum atomic E-state index is 12.1. The highest BCUT2D eigenvalue weighted by atomic mass is 79.9. The average molecular weight is 454 g/mol. The number of carbonyl (C=O) groups is 2. The second-order valence-electron chi connectivity index (χ2n) is 6.25. The van der Waals surface area contributed by atoms with Crippen LogP contribution in [0, 0.1) is 0 Å². The largest absolute Gasteiger partial charge is 0.473 e. The normalized spacial score (nSPS) is 10.2. The molecular formula is C22H20BrN3O3. The van der Waals surface area contributed by atoms with Crippen LogP contribution in [0.4, 0.5) is 0 Å². The fraction of sp³-hybridized carbons (Fsp3) is 0.136. The Balaban J connectivity index is 1.44. The van der Waals surface area contributed by atoms with Crippen LogP contribution in [0.2, 0.25) is 0 Å². The molecule has 0 atom stereocenters. The lowest BCUT2D eigenvalue weighted by Gasteiger charge is -2.09. The van der Waals surface area contributed by atoms with Crippen molar-refractivity contribution in [1.82, 2.24) is 15.6 Å². The smallest absolute Gasteiger partial charge is 0.251 e. The molecule has 29 heavy (non-hydrogen) atoms. The molecule has 0 radical (unpaired) electrons. The maximum absolute atomic E-state index is 12.1. The number of benzene rings is 2. The van der Waals surface area contributed by atoms with Gasteiger partial charge >= 0.3 is 0 Å². The fourth-order valence-corrected chi connectivity index (χ4v) is 2.93. The van der Waals surface area contributed by atoms with Gasteiger partial charge in [0.05, 0.1) is 6.54 Å². The van der Waals surface area contributed by atoms with Crippen molar-refractivity contribution in [2.24, 2.45) is 0 Å². The van der Waals surface area contributed by atoms with E-state index in [1.54, 1.807) is 36.5 Å². The van der Waals surface area contributed by atoms with Gasteiger partial charge in [0, 0.05) is 28.8 Å². The van der Waals surface area contributed by atoms with Crippen molar-refractivity contribution in [3.63, 3.8) is 0 Å². The summed E-state index contributed by atoms with van der Waals surface area (Å²) < 4.78 is 6.50. The Labute approximate surface area is 177 Å². The Morgan fingerprint density at radius 1 is 0.931 bits per heavy atom. The SMILES string of the molecule is O=C(CNC(=O)c1cccc(Br)c1)NCc1ccnc(OCc2ccccc2)c1. The van der Waals surface area contributed by atoms with Gasteiger partial charge in [0.25, 0.3) is 5.91 Å². The van der Waals surface area contributed by atoms with Gasteiger partial charge in [-0.3, -0.25) is 9.59 Å². The van der Waals surface area contributed by atoms with Crippen molar-refractivity contribution in [2.45, 2.75) is 13.2 Å². The first-order valence-corrected chi connectivity index (χ1v) is 9.81. The molecule has 0 unspecified atom stereocenters. The number of hydrogen-bond acceptors (Lipinski definition) is 4. The van der Waals surface area contributed by atoms with Gasteiger partial charge in [0.15, 0.2) is 0 Å². The molecular weight excluding hydrogens is 434 g/mol. The quantitative estimate of drug-likeness (QED) is 0.547. The summed E-state index contributed by atoms with van der Waals surface area (Å²) in [6.07, 6.45) is 1.64. The van der Waals surface area contributed by atoms with Crippen LogP contribution in [0.15, 0.2) is 77.4 Å². The summed E-state index contributed by atoms with van der Waals surface area (Å²) >= 11 is 3.32. The molecule has 0 aliphatic carbocycles. The van der Waals surface area contributed by atoms with Crippen LogP contribution in [0.25, 0.3) is 0 Å². The average Bonchev–Trinajstić information content (AvgIpc) is 2.75. The number of nitrogens with zero attached hydrogens (tertiary/aromatic N) is 1. The Morgan fingerprint density at radius 3 is 2.55 bits per heavy atom. The summed E-state index contributed by atoms with van der Waals surface area (Å²) in [5.74, 6) is -0.0950. The lowest BCUT2D eigenvalue weighted by molar-refractivity contribution is -0.120. The molecule has 0 saturated heterocycles. The number of aromatic nitrogens is 1. The summed E-state index contributed by atoms with van der Waals surface area (Å²) in [5.41, 5.74) is 2.39. The highest BCUT2D eigenvalue weighted by Crippen LogP contribution is 2.12. The molecule has 148 valence electrons. The summed E-state index contributed by atoms with van der Waals surface area (Å²) in [6.45, 7) is 0.634. The van der Waals surface area contributed by atoms with E-state index in [9.17, 15) is 9.59 Å². The highest BCUT2D eigenvalue weighted by molar-refractivity contribution is 9.10. The molecule has 0 saturated carbocycles. The van der Waals surface area contributed by atoms with Gasteiger partial charge in [-0.25, -0.2) is 4.98 Å². The molecule has 3 aromatic rings. The zero-order valence-electron chi connectivity index (χ0n) is 15.6. The van der Waals surface area contributed by atoms with Gasteiger partial charge in [0.2, 0.25) is 11.8 Å². The molecule has 2 amide bonds. The molecule has 0 bridgehead atoms. The van der Waals surface area contributed by atoms with Crippen molar-refractivity contribution >= 4 is 27.7 Å². The number of ether oxygens (including phenoxy) is 1. The third-order valence-corrected chi connectivity index (χ3v) is 4.51. The molecule has 1 heterocycles. The molecule has 0 fully saturated rings. The van der Waals surface area contributed by atoms with E-state index in [0.29, 0.717) is 24.6 Å². The Hall–Kier alpha value is -3.19. The van der Waals surface area contributed by atoms with Crippen LogP contribution in [0.3, 0.4) is 0 Å². The van der Waals surface area contributed by atoms with Gasteiger partial charge in [-0.1, -0.05) is 52.3 Å². The van der Waals surface area contributed by atoms with Crippen molar-refractivity contribution in [3.05, 3.63) is 94.1 Å².